The van der Waals surface area contributed by atoms with Gasteiger partial charge in [-0.3, -0.25) is 9.78 Å². The van der Waals surface area contributed by atoms with E-state index in [4.69, 9.17) is 5.11 Å². The molecule has 15 heavy (non-hydrogen) atoms. The molecular weight excluding hydrogens is 194 g/mol. The predicted octanol–water partition coefficient (Wildman–Crippen LogP) is 1.45. The van der Waals surface area contributed by atoms with Crippen molar-refractivity contribution in [2.24, 2.45) is 0 Å². The van der Waals surface area contributed by atoms with Gasteiger partial charge in [0.1, 0.15) is 11.9 Å². The number of aliphatic carboxylic acids is 1. The number of H-pyrrole nitrogens is 1. The molecule has 0 saturated carbocycles. The quantitative estimate of drug-likeness (QED) is 0.708. The van der Waals surface area contributed by atoms with Crippen LogP contribution in [-0.4, -0.2) is 27.1 Å². The number of aromatic nitrogens is 2. The molecule has 5 nitrogen and oxygen atoms in total. The summed E-state index contributed by atoms with van der Waals surface area (Å²) in [7, 11) is 0. The van der Waals surface area contributed by atoms with Crippen molar-refractivity contribution in [1.29, 1.82) is 0 Å². The summed E-state index contributed by atoms with van der Waals surface area (Å²) >= 11 is 0. The Kier molecular flexibility index (Phi) is 2.29. The molecule has 0 aromatic carbocycles. The second-order valence-corrected chi connectivity index (χ2v) is 3.35. The van der Waals surface area contributed by atoms with Gasteiger partial charge in [0, 0.05) is 17.8 Å². The van der Waals surface area contributed by atoms with Crippen LogP contribution in [0.1, 0.15) is 6.92 Å². The Bertz CT molecular complexity index is 459. The predicted molar refractivity (Wildman–Crippen MR) is 56.8 cm³/mol. The summed E-state index contributed by atoms with van der Waals surface area (Å²) in [4.78, 5) is 17.7. The van der Waals surface area contributed by atoms with Crippen LogP contribution in [0.15, 0.2) is 24.5 Å². The van der Waals surface area contributed by atoms with Crippen molar-refractivity contribution in [3.63, 3.8) is 0 Å². The Hall–Kier alpha value is -2.04. The van der Waals surface area contributed by atoms with Crippen molar-refractivity contribution in [2.45, 2.75) is 13.0 Å². The summed E-state index contributed by atoms with van der Waals surface area (Å²) in [5, 5.41) is 12.5. The standard InChI is InChI=1S/C10H11N3O2/c1-6(10(14)15)12-9-4-7-5-11-3-2-8(7)13-9/h2-6,12-13H,1H3,(H,14,15)/t6-/m0/s1. The first-order valence-corrected chi connectivity index (χ1v) is 4.59. The highest BCUT2D eigenvalue weighted by Crippen LogP contribution is 2.17. The topological polar surface area (TPSA) is 78.0 Å². The summed E-state index contributed by atoms with van der Waals surface area (Å²) in [6, 6.07) is 3.05. The minimum atomic E-state index is -0.883. The van der Waals surface area contributed by atoms with Gasteiger partial charge >= 0.3 is 5.97 Å². The summed E-state index contributed by atoms with van der Waals surface area (Å²) in [6.45, 7) is 1.59. The number of fused-ring (bicyclic) bond motifs is 1. The minimum absolute atomic E-state index is 0.619. The Morgan fingerprint density at radius 3 is 3.13 bits per heavy atom. The van der Waals surface area contributed by atoms with Gasteiger partial charge in [-0.15, -0.1) is 0 Å². The van der Waals surface area contributed by atoms with E-state index < -0.39 is 12.0 Å². The van der Waals surface area contributed by atoms with E-state index in [-0.39, 0.29) is 0 Å². The van der Waals surface area contributed by atoms with Crippen LogP contribution in [0.2, 0.25) is 0 Å². The van der Waals surface area contributed by atoms with E-state index in [1.165, 1.54) is 0 Å². The van der Waals surface area contributed by atoms with E-state index in [9.17, 15) is 4.79 Å². The van der Waals surface area contributed by atoms with Crippen LogP contribution in [0.25, 0.3) is 10.9 Å². The number of nitrogens with one attached hydrogen (secondary N) is 2. The van der Waals surface area contributed by atoms with Crippen LogP contribution in [0, 0.1) is 0 Å². The van der Waals surface area contributed by atoms with E-state index in [0.29, 0.717) is 5.82 Å². The highest BCUT2D eigenvalue weighted by molar-refractivity contribution is 5.84. The molecule has 0 amide bonds. The third-order valence-electron chi connectivity index (χ3n) is 2.16. The molecule has 0 spiro atoms. The lowest BCUT2D eigenvalue weighted by molar-refractivity contribution is -0.137. The van der Waals surface area contributed by atoms with E-state index in [2.05, 4.69) is 15.3 Å². The number of hydrogen-bond donors (Lipinski definition) is 3. The van der Waals surface area contributed by atoms with Gasteiger partial charge in [-0.25, -0.2) is 0 Å². The number of aromatic amines is 1. The second kappa shape index (κ2) is 3.61. The molecule has 2 aromatic heterocycles. The van der Waals surface area contributed by atoms with E-state index >= 15 is 0 Å². The highest BCUT2D eigenvalue weighted by Gasteiger charge is 2.11. The first kappa shape index (κ1) is 9.51. The zero-order chi connectivity index (χ0) is 10.8. The van der Waals surface area contributed by atoms with Gasteiger partial charge in [0.15, 0.2) is 0 Å². The van der Waals surface area contributed by atoms with Crippen molar-refractivity contribution < 1.29 is 9.90 Å². The average Bonchev–Trinajstić information content (AvgIpc) is 2.59. The van der Waals surface area contributed by atoms with Crippen molar-refractivity contribution in [3.05, 3.63) is 24.5 Å². The zero-order valence-electron chi connectivity index (χ0n) is 8.19. The fraction of sp³-hybridized carbons (Fsp3) is 0.200. The lowest BCUT2D eigenvalue weighted by Gasteiger charge is -2.07. The van der Waals surface area contributed by atoms with Gasteiger partial charge in [-0.1, -0.05) is 0 Å². The van der Waals surface area contributed by atoms with E-state index in [1.807, 2.05) is 12.1 Å². The first-order valence-electron chi connectivity index (χ1n) is 4.59. The Morgan fingerprint density at radius 1 is 1.67 bits per heavy atom. The molecule has 3 N–H and O–H groups in total. The third-order valence-corrected chi connectivity index (χ3v) is 2.16. The fourth-order valence-electron chi connectivity index (χ4n) is 1.34. The molecule has 2 rings (SSSR count). The maximum absolute atomic E-state index is 10.6. The molecule has 0 saturated heterocycles. The lowest BCUT2D eigenvalue weighted by Crippen LogP contribution is -2.25. The molecule has 0 bridgehead atoms. The minimum Gasteiger partial charge on any atom is -0.480 e. The number of hydrogen-bond acceptors (Lipinski definition) is 3. The summed E-state index contributed by atoms with van der Waals surface area (Å²) in [5.41, 5.74) is 0.935. The average molecular weight is 205 g/mol. The van der Waals surface area contributed by atoms with Crippen molar-refractivity contribution >= 4 is 22.7 Å². The molecule has 0 aliphatic carbocycles. The number of carboxylic acids is 1. The molecule has 0 fully saturated rings. The lowest BCUT2D eigenvalue weighted by atomic mass is 10.3. The molecule has 0 aliphatic heterocycles. The second-order valence-electron chi connectivity index (χ2n) is 3.35. The molecule has 0 unspecified atom stereocenters. The smallest absolute Gasteiger partial charge is 0.325 e. The number of anilines is 1. The maximum atomic E-state index is 10.6. The number of carboxylic acid groups (broad SMARTS) is 1. The third kappa shape index (κ3) is 1.90. The zero-order valence-corrected chi connectivity index (χ0v) is 8.19. The monoisotopic (exact) mass is 205 g/mol. The van der Waals surface area contributed by atoms with E-state index in [0.717, 1.165) is 10.9 Å². The Labute approximate surface area is 86.1 Å². The van der Waals surface area contributed by atoms with Crippen molar-refractivity contribution in [3.8, 4) is 0 Å². The largest absolute Gasteiger partial charge is 0.480 e. The van der Waals surface area contributed by atoms with Gasteiger partial charge in [-0.2, -0.15) is 0 Å². The Balaban J connectivity index is 2.26. The summed E-state index contributed by atoms with van der Waals surface area (Å²) < 4.78 is 0. The molecule has 0 radical (unpaired) electrons. The van der Waals surface area contributed by atoms with Gasteiger partial charge in [0.2, 0.25) is 0 Å². The molecule has 5 heteroatoms. The van der Waals surface area contributed by atoms with Crippen LogP contribution in [-0.2, 0) is 4.79 Å². The molecular formula is C10H11N3O2. The number of pyridine rings is 1. The normalized spacial score (nSPS) is 12.6. The van der Waals surface area contributed by atoms with Crippen molar-refractivity contribution in [1.82, 2.24) is 9.97 Å². The fourth-order valence-corrected chi connectivity index (χ4v) is 1.34. The number of rotatable bonds is 3. The van der Waals surface area contributed by atoms with Crippen LogP contribution >= 0.6 is 0 Å². The van der Waals surface area contributed by atoms with Gasteiger partial charge in [-0.05, 0) is 19.1 Å². The molecule has 0 aliphatic rings. The SMILES string of the molecule is C[C@H](Nc1cc2cnccc2[nH]1)C(=O)O. The molecule has 78 valence electrons. The number of nitrogens with zero attached hydrogens (tertiary/aromatic N) is 1. The molecule has 1 atom stereocenters. The van der Waals surface area contributed by atoms with Gasteiger partial charge in [0.05, 0.1) is 5.52 Å². The van der Waals surface area contributed by atoms with E-state index in [1.54, 1.807) is 19.3 Å². The number of carbonyl (C=O) groups is 1. The van der Waals surface area contributed by atoms with Crippen LogP contribution in [0.5, 0.6) is 0 Å². The summed E-state index contributed by atoms with van der Waals surface area (Å²) in [5.74, 6) is -0.195. The van der Waals surface area contributed by atoms with Crippen LogP contribution in [0.3, 0.4) is 0 Å². The van der Waals surface area contributed by atoms with Crippen LogP contribution < -0.4 is 5.32 Å². The van der Waals surface area contributed by atoms with Gasteiger partial charge in [0.25, 0.3) is 0 Å². The van der Waals surface area contributed by atoms with Crippen LogP contribution in [0.4, 0.5) is 5.82 Å². The molecule has 2 aromatic rings. The Morgan fingerprint density at radius 2 is 2.47 bits per heavy atom. The highest BCUT2D eigenvalue weighted by atomic mass is 16.4. The van der Waals surface area contributed by atoms with Crippen molar-refractivity contribution in [2.75, 3.05) is 5.32 Å². The van der Waals surface area contributed by atoms with Gasteiger partial charge < -0.3 is 15.4 Å². The molecule has 2 heterocycles. The first-order chi connectivity index (χ1) is 7.16. The maximum Gasteiger partial charge on any atom is 0.325 e. The summed E-state index contributed by atoms with van der Waals surface area (Å²) in [6.07, 6.45) is 3.41.